The maximum Gasteiger partial charge on any atom is 0.222 e. The molecule has 1 N–H and O–H groups in total. The Bertz CT molecular complexity index is 632. The van der Waals surface area contributed by atoms with Gasteiger partial charge in [-0.3, -0.25) is 4.79 Å². The Balaban J connectivity index is 1.50. The van der Waals surface area contributed by atoms with Crippen molar-refractivity contribution in [2.75, 3.05) is 39.8 Å². The summed E-state index contributed by atoms with van der Waals surface area (Å²) in [6.45, 7) is 5.14. The zero-order valence-corrected chi connectivity index (χ0v) is 17.7. The highest BCUT2D eigenvalue weighted by Gasteiger charge is 2.29. The molecular formula is C21H31Cl2N3O. The van der Waals surface area contributed by atoms with Crippen LogP contribution in [0.4, 0.5) is 0 Å². The van der Waals surface area contributed by atoms with Crippen LogP contribution in [-0.2, 0) is 4.79 Å². The fourth-order valence-electron chi connectivity index (χ4n) is 4.41. The number of rotatable bonds is 7. The third-order valence-electron chi connectivity index (χ3n) is 6.02. The van der Waals surface area contributed by atoms with Crippen LogP contribution in [0.2, 0.25) is 10.0 Å². The van der Waals surface area contributed by atoms with Gasteiger partial charge in [0.2, 0.25) is 5.91 Å². The van der Waals surface area contributed by atoms with Gasteiger partial charge in [0.1, 0.15) is 0 Å². The van der Waals surface area contributed by atoms with Crippen LogP contribution in [0.25, 0.3) is 0 Å². The summed E-state index contributed by atoms with van der Waals surface area (Å²) in [6.07, 6.45) is 6.28. The van der Waals surface area contributed by atoms with E-state index in [-0.39, 0.29) is 0 Å². The molecule has 2 aliphatic rings. The number of likely N-dealkylation sites (N-methyl/N-ethyl adjacent to an activating group) is 1. The normalized spacial score (nSPS) is 20.9. The van der Waals surface area contributed by atoms with Gasteiger partial charge in [0, 0.05) is 38.6 Å². The first-order valence-corrected chi connectivity index (χ1v) is 11.0. The van der Waals surface area contributed by atoms with Gasteiger partial charge in [-0.2, -0.15) is 0 Å². The van der Waals surface area contributed by atoms with Gasteiger partial charge >= 0.3 is 0 Å². The Morgan fingerprint density at radius 3 is 2.59 bits per heavy atom. The van der Waals surface area contributed by atoms with E-state index < -0.39 is 0 Å². The molecule has 150 valence electrons. The molecule has 2 aliphatic heterocycles. The van der Waals surface area contributed by atoms with Crippen LogP contribution in [0.15, 0.2) is 18.2 Å². The number of nitrogens with one attached hydrogen (secondary N) is 1. The number of carbonyl (C=O) groups is 1. The van der Waals surface area contributed by atoms with Crippen molar-refractivity contribution in [1.29, 1.82) is 0 Å². The smallest absolute Gasteiger partial charge is 0.222 e. The lowest BCUT2D eigenvalue weighted by molar-refractivity contribution is -0.136. The van der Waals surface area contributed by atoms with E-state index in [0.29, 0.717) is 27.9 Å². The van der Waals surface area contributed by atoms with Crippen LogP contribution < -0.4 is 5.32 Å². The molecule has 3 rings (SSSR count). The zero-order valence-electron chi connectivity index (χ0n) is 16.2. The third kappa shape index (κ3) is 5.60. The number of benzene rings is 1. The van der Waals surface area contributed by atoms with Crippen molar-refractivity contribution in [2.45, 2.75) is 50.5 Å². The Morgan fingerprint density at radius 1 is 1.15 bits per heavy atom. The summed E-state index contributed by atoms with van der Waals surface area (Å²) in [5.74, 6) is 0.791. The average molecular weight is 412 g/mol. The van der Waals surface area contributed by atoms with E-state index in [1.165, 1.54) is 12.0 Å². The molecule has 1 amide bonds. The zero-order chi connectivity index (χ0) is 19.2. The minimum atomic E-state index is 0.369. The highest BCUT2D eigenvalue weighted by Crippen LogP contribution is 2.29. The van der Waals surface area contributed by atoms with Crippen molar-refractivity contribution in [3.63, 3.8) is 0 Å². The second kappa shape index (κ2) is 10.1. The molecule has 1 aromatic carbocycles. The van der Waals surface area contributed by atoms with Crippen LogP contribution in [-0.4, -0.2) is 61.5 Å². The van der Waals surface area contributed by atoms with Gasteiger partial charge in [-0.15, -0.1) is 0 Å². The van der Waals surface area contributed by atoms with Gasteiger partial charge in [0.25, 0.3) is 0 Å². The predicted octanol–water partition coefficient (Wildman–Crippen LogP) is 4.16. The van der Waals surface area contributed by atoms with Gasteiger partial charge in [-0.05, 0) is 69.3 Å². The summed E-state index contributed by atoms with van der Waals surface area (Å²) in [6, 6.07) is 6.44. The Hall–Kier alpha value is -0.810. The lowest BCUT2D eigenvalue weighted by Gasteiger charge is -2.40. The largest absolute Gasteiger partial charge is 0.340 e. The summed E-state index contributed by atoms with van der Waals surface area (Å²) in [7, 11) is 1.99. The van der Waals surface area contributed by atoms with Crippen molar-refractivity contribution >= 4 is 29.1 Å². The van der Waals surface area contributed by atoms with Crippen LogP contribution in [0.5, 0.6) is 0 Å². The predicted molar refractivity (Wildman–Crippen MR) is 113 cm³/mol. The van der Waals surface area contributed by atoms with Crippen LogP contribution in [0, 0.1) is 0 Å². The Labute approximate surface area is 173 Å². The molecule has 0 radical (unpaired) electrons. The summed E-state index contributed by atoms with van der Waals surface area (Å²) in [5.41, 5.74) is 1.24. The lowest BCUT2D eigenvalue weighted by atomic mass is 9.94. The molecule has 2 fully saturated rings. The minimum Gasteiger partial charge on any atom is -0.340 e. The SMILES string of the molecule is CNC[C@@H](CCN1CCC(N2CCCCC2=O)CC1)c1ccc(Cl)c(Cl)c1. The fourth-order valence-corrected chi connectivity index (χ4v) is 4.71. The highest BCUT2D eigenvalue weighted by molar-refractivity contribution is 6.42. The van der Waals surface area contributed by atoms with E-state index in [1.807, 2.05) is 19.2 Å². The molecule has 4 nitrogen and oxygen atoms in total. The second-order valence-electron chi connectivity index (χ2n) is 7.83. The summed E-state index contributed by atoms with van der Waals surface area (Å²) < 4.78 is 0. The van der Waals surface area contributed by atoms with Gasteiger partial charge in [0.15, 0.2) is 0 Å². The van der Waals surface area contributed by atoms with Crippen molar-refractivity contribution in [3.05, 3.63) is 33.8 Å². The van der Waals surface area contributed by atoms with E-state index in [1.54, 1.807) is 0 Å². The summed E-state index contributed by atoms with van der Waals surface area (Å²) in [4.78, 5) is 16.9. The molecule has 2 saturated heterocycles. The number of amides is 1. The maximum atomic E-state index is 12.2. The van der Waals surface area contributed by atoms with E-state index in [9.17, 15) is 4.79 Å². The van der Waals surface area contributed by atoms with Crippen molar-refractivity contribution in [2.24, 2.45) is 0 Å². The van der Waals surface area contributed by atoms with Crippen LogP contribution in [0.3, 0.4) is 0 Å². The average Bonchev–Trinajstić information content (AvgIpc) is 2.68. The molecule has 0 aliphatic carbocycles. The van der Waals surface area contributed by atoms with Gasteiger partial charge in [-0.25, -0.2) is 0 Å². The minimum absolute atomic E-state index is 0.369. The first-order chi connectivity index (χ1) is 13.1. The quantitative estimate of drug-likeness (QED) is 0.731. The van der Waals surface area contributed by atoms with Crippen molar-refractivity contribution in [1.82, 2.24) is 15.1 Å². The number of likely N-dealkylation sites (tertiary alicyclic amines) is 2. The standard InChI is InChI=1S/C21H31Cl2N3O/c1-24-15-17(16-5-6-19(22)20(23)14-16)7-11-25-12-8-18(9-13-25)26-10-3-2-4-21(26)27/h5-6,14,17-18,24H,2-4,7-13,15H2,1H3/t17-/m1/s1. The van der Waals surface area contributed by atoms with Crippen molar-refractivity contribution in [3.8, 4) is 0 Å². The maximum absolute atomic E-state index is 12.2. The first kappa shape index (κ1) is 20.9. The second-order valence-corrected chi connectivity index (χ2v) is 8.65. The van der Waals surface area contributed by atoms with Gasteiger partial charge in [0.05, 0.1) is 10.0 Å². The molecule has 0 bridgehead atoms. The monoisotopic (exact) mass is 411 g/mol. The lowest BCUT2D eigenvalue weighted by Crippen LogP contribution is -2.49. The molecule has 0 aromatic heterocycles. The van der Waals surface area contributed by atoms with E-state index in [2.05, 4.69) is 21.2 Å². The molecular weight excluding hydrogens is 381 g/mol. The number of halogens is 2. The number of piperidine rings is 2. The molecule has 2 heterocycles. The molecule has 0 spiro atoms. The van der Waals surface area contributed by atoms with E-state index >= 15 is 0 Å². The Kier molecular flexibility index (Phi) is 7.83. The number of hydrogen-bond acceptors (Lipinski definition) is 3. The van der Waals surface area contributed by atoms with Gasteiger partial charge in [-0.1, -0.05) is 29.3 Å². The molecule has 6 heteroatoms. The summed E-state index contributed by atoms with van der Waals surface area (Å²) in [5, 5.41) is 4.54. The van der Waals surface area contributed by atoms with Crippen LogP contribution in [0.1, 0.15) is 50.0 Å². The van der Waals surface area contributed by atoms with Crippen LogP contribution >= 0.6 is 23.2 Å². The van der Waals surface area contributed by atoms with E-state index in [4.69, 9.17) is 23.2 Å². The summed E-state index contributed by atoms with van der Waals surface area (Å²) >= 11 is 12.3. The topological polar surface area (TPSA) is 35.6 Å². The number of carbonyl (C=O) groups excluding carboxylic acids is 1. The molecule has 27 heavy (non-hydrogen) atoms. The fraction of sp³-hybridized carbons (Fsp3) is 0.667. The molecule has 0 saturated carbocycles. The van der Waals surface area contributed by atoms with Crippen molar-refractivity contribution < 1.29 is 4.79 Å². The third-order valence-corrected chi connectivity index (χ3v) is 6.76. The molecule has 1 atom stereocenters. The first-order valence-electron chi connectivity index (χ1n) is 10.2. The Morgan fingerprint density at radius 2 is 1.93 bits per heavy atom. The number of hydrogen-bond donors (Lipinski definition) is 1. The highest BCUT2D eigenvalue weighted by atomic mass is 35.5. The molecule has 1 aromatic rings. The number of nitrogens with zero attached hydrogens (tertiary/aromatic N) is 2. The van der Waals surface area contributed by atoms with Gasteiger partial charge < -0.3 is 15.1 Å². The molecule has 0 unspecified atom stereocenters. The van der Waals surface area contributed by atoms with E-state index in [0.717, 1.165) is 64.8 Å².